The minimum atomic E-state index is -5.84. The third-order valence-electron chi connectivity index (χ3n) is 13.3. The van der Waals surface area contributed by atoms with Gasteiger partial charge in [0.2, 0.25) is 0 Å². The predicted octanol–water partition coefficient (Wildman–Crippen LogP) is 11.6. The van der Waals surface area contributed by atoms with Crippen LogP contribution in [0, 0.1) is 12.8 Å². The van der Waals surface area contributed by atoms with E-state index in [4.69, 9.17) is 16.1 Å². The number of hydrogen-bond donors (Lipinski definition) is 0. The van der Waals surface area contributed by atoms with Crippen LogP contribution in [0.4, 0.5) is 30.2 Å². The molecule has 1 aromatic heterocycles. The van der Waals surface area contributed by atoms with Crippen molar-refractivity contribution in [3.05, 3.63) is 138 Å². The van der Waals surface area contributed by atoms with Crippen LogP contribution in [0.3, 0.4) is 0 Å². The molecule has 0 unspecified atom stereocenters. The summed E-state index contributed by atoms with van der Waals surface area (Å²) in [6.07, 6.45) is 1.94. The fourth-order valence-electron chi connectivity index (χ4n) is 9.80. The molecule has 0 bridgehead atoms. The average molecular weight is 1080 g/mol. The number of aromatic nitrogens is 1. The molecule has 8 rings (SSSR count). The summed E-state index contributed by atoms with van der Waals surface area (Å²) >= 11 is 7.85. The third kappa shape index (κ3) is 11.3. The van der Waals surface area contributed by atoms with Gasteiger partial charge in [-0.2, -0.15) is 13.2 Å². The van der Waals surface area contributed by atoms with Crippen molar-refractivity contribution in [2.24, 2.45) is 5.92 Å². The lowest BCUT2D eigenvalue weighted by Gasteiger charge is -2.37. The Bertz CT molecular complexity index is 3170. The van der Waals surface area contributed by atoms with Gasteiger partial charge in [0, 0.05) is 82.5 Å². The van der Waals surface area contributed by atoms with E-state index in [1.807, 2.05) is 125 Å². The van der Waals surface area contributed by atoms with Crippen LogP contribution in [0.15, 0.2) is 136 Å². The highest BCUT2D eigenvalue weighted by molar-refractivity contribution is 7.99. The van der Waals surface area contributed by atoms with E-state index in [-0.39, 0.29) is 42.4 Å². The lowest BCUT2D eigenvalue weighted by Crippen LogP contribution is -2.46. The average Bonchev–Trinajstić information content (AvgIpc) is 3.90. The zero-order chi connectivity index (χ0) is 51.8. The van der Waals surface area contributed by atoms with Crippen LogP contribution in [0.25, 0.3) is 22.4 Å². The summed E-state index contributed by atoms with van der Waals surface area (Å²) in [5, 5.41) is 0.458. The summed E-state index contributed by atoms with van der Waals surface area (Å²) in [5.41, 5.74) is 0.592. The van der Waals surface area contributed by atoms with Crippen molar-refractivity contribution in [3.8, 4) is 22.4 Å². The number of sulfone groups is 2. The van der Waals surface area contributed by atoms with Crippen molar-refractivity contribution in [2.75, 3.05) is 86.4 Å². The molecule has 6 aromatic rings. The fraction of sp³-hybridized carbons (Fsp3) is 0.358. The van der Waals surface area contributed by atoms with Crippen molar-refractivity contribution in [2.45, 2.75) is 59.8 Å². The summed E-state index contributed by atoms with van der Waals surface area (Å²) in [7, 11) is -9.74. The SMILES string of the molecule is Cc1c(S(C)(=O)=O)c(-c2cccc(N3CCN(c4ccc(N5CCO[P@]5(=O)c5ccc(C[C@H](CCN(C)C)CSc6ccccc6)c(S(=O)(=O)C(F)(F)F)c5)cc4)CC3)c2)c(-c2ccc(Cl)cc2)n1C(C)C. The maximum absolute atomic E-state index is 14.9. The van der Waals surface area contributed by atoms with Crippen molar-refractivity contribution in [1.82, 2.24) is 9.47 Å². The topological polar surface area (TPSA) is 112 Å². The number of thioether (sulfide) groups is 1. The Balaban J connectivity index is 1.01. The van der Waals surface area contributed by atoms with Gasteiger partial charge in [-0.25, -0.2) is 16.8 Å². The molecular formula is C53H60ClF3N5O6PS3. The number of anilines is 3. The predicted molar refractivity (Wildman–Crippen MR) is 287 cm³/mol. The van der Waals surface area contributed by atoms with Crippen LogP contribution in [-0.4, -0.2) is 104 Å². The van der Waals surface area contributed by atoms with Gasteiger partial charge in [-0.1, -0.05) is 60.1 Å². The number of halogens is 4. The quantitative estimate of drug-likeness (QED) is 0.0643. The first-order chi connectivity index (χ1) is 34.1. The zero-order valence-corrected chi connectivity index (χ0v) is 45.2. The van der Waals surface area contributed by atoms with E-state index in [9.17, 15) is 34.6 Å². The molecule has 5 aromatic carbocycles. The summed E-state index contributed by atoms with van der Waals surface area (Å²) < 4.78 is 121. The Morgan fingerprint density at radius 2 is 1.42 bits per heavy atom. The second-order valence-electron chi connectivity index (χ2n) is 18.9. The van der Waals surface area contributed by atoms with Gasteiger partial charge in [-0.3, -0.25) is 9.24 Å². The lowest BCUT2D eigenvalue weighted by atomic mass is 9.97. The molecule has 2 fully saturated rings. The number of hydrogen-bond acceptors (Lipinski definition) is 10. The summed E-state index contributed by atoms with van der Waals surface area (Å²) in [6, 6.07) is 36.2. The maximum atomic E-state index is 14.9. The molecule has 2 aliphatic rings. The van der Waals surface area contributed by atoms with Crippen LogP contribution in [0.2, 0.25) is 5.02 Å². The Hall–Kier alpha value is -4.74. The van der Waals surface area contributed by atoms with Gasteiger partial charge in [0.1, 0.15) is 0 Å². The summed E-state index contributed by atoms with van der Waals surface area (Å²) in [4.78, 5) is 6.88. The molecule has 3 heterocycles. The molecule has 19 heteroatoms. The molecule has 2 saturated heterocycles. The van der Waals surface area contributed by atoms with Gasteiger partial charge in [-0.15, -0.1) is 11.8 Å². The molecule has 0 radical (unpaired) electrons. The molecule has 2 atom stereocenters. The lowest BCUT2D eigenvalue weighted by molar-refractivity contribution is -0.0436. The summed E-state index contributed by atoms with van der Waals surface area (Å²) in [5.74, 6) is 0.384. The molecule has 11 nitrogen and oxygen atoms in total. The first-order valence-corrected chi connectivity index (χ1v) is 30.1. The van der Waals surface area contributed by atoms with Gasteiger partial charge < -0.3 is 23.8 Å². The van der Waals surface area contributed by atoms with E-state index in [1.54, 1.807) is 23.9 Å². The Kier molecular flexibility index (Phi) is 16.1. The number of nitrogens with zero attached hydrogens (tertiary/aromatic N) is 5. The monoisotopic (exact) mass is 1080 g/mol. The first-order valence-electron chi connectivity index (χ1n) is 23.8. The van der Waals surface area contributed by atoms with Gasteiger partial charge >= 0.3 is 13.0 Å². The fourth-order valence-corrected chi connectivity index (χ4v) is 15.6. The second kappa shape index (κ2) is 21.6. The van der Waals surface area contributed by atoms with E-state index in [0.29, 0.717) is 71.8 Å². The standard InChI is InChI=1S/C53H60ClF3N5O6PS3/c1-37(2)62-38(3)52(71(6,64)65)50(51(62)40-15-18-43(54)19-16-40)42-11-10-12-46(34-42)60-29-27-59(28-30-60)44-20-22-45(23-21-44)61-31-32-68-69(61,63)47-24-17-41(49(35-47)72(66,67)53(55,56)57)33-39(25-26-58(4)5)36-70-48-13-8-7-9-14-48/h7-24,34-35,37,39H,25-33,36H2,1-6H3/t39-,69+/m0/s1. The zero-order valence-electron chi connectivity index (χ0n) is 41.1. The molecular weight excluding hydrogens is 1020 g/mol. The van der Waals surface area contributed by atoms with Crippen LogP contribution in [0.5, 0.6) is 0 Å². The van der Waals surface area contributed by atoms with E-state index in [1.165, 1.54) is 23.1 Å². The highest BCUT2D eigenvalue weighted by Crippen LogP contribution is 2.56. The van der Waals surface area contributed by atoms with E-state index in [0.717, 1.165) is 39.2 Å². The molecule has 0 saturated carbocycles. The normalized spacial score (nSPS) is 17.4. The molecule has 384 valence electrons. The number of alkyl halides is 3. The van der Waals surface area contributed by atoms with Gasteiger partial charge in [0.25, 0.3) is 9.84 Å². The Morgan fingerprint density at radius 3 is 2.03 bits per heavy atom. The van der Waals surface area contributed by atoms with Gasteiger partial charge in [0.05, 0.1) is 33.9 Å². The van der Waals surface area contributed by atoms with Crippen LogP contribution in [0.1, 0.15) is 37.6 Å². The van der Waals surface area contributed by atoms with E-state index >= 15 is 0 Å². The third-order valence-corrected chi connectivity index (χ3v) is 20.1. The highest BCUT2D eigenvalue weighted by Gasteiger charge is 2.49. The van der Waals surface area contributed by atoms with Crippen molar-refractivity contribution >= 4 is 72.9 Å². The van der Waals surface area contributed by atoms with E-state index in [2.05, 4.69) is 20.4 Å². The van der Waals surface area contributed by atoms with Crippen LogP contribution in [-0.2, 0) is 35.2 Å². The molecule has 0 aliphatic carbocycles. The van der Waals surface area contributed by atoms with E-state index < -0.39 is 37.6 Å². The van der Waals surface area contributed by atoms with Crippen molar-refractivity contribution in [1.29, 1.82) is 0 Å². The molecule has 72 heavy (non-hydrogen) atoms. The molecule has 2 aliphatic heterocycles. The Morgan fingerprint density at radius 1 is 0.778 bits per heavy atom. The highest BCUT2D eigenvalue weighted by atomic mass is 35.5. The van der Waals surface area contributed by atoms with Crippen molar-refractivity contribution in [3.63, 3.8) is 0 Å². The number of piperazine rings is 1. The number of benzene rings is 5. The maximum Gasteiger partial charge on any atom is 0.501 e. The molecule has 0 spiro atoms. The van der Waals surface area contributed by atoms with Gasteiger partial charge in [0.15, 0.2) is 9.84 Å². The minimum absolute atomic E-state index is 0.0174. The van der Waals surface area contributed by atoms with Crippen LogP contribution >= 0.6 is 30.9 Å². The minimum Gasteiger partial charge on any atom is -0.368 e. The van der Waals surface area contributed by atoms with Crippen molar-refractivity contribution < 1.29 is 39.1 Å². The second-order valence-corrected chi connectivity index (χ2v) is 26.6. The number of rotatable bonds is 17. The first kappa shape index (κ1) is 53.5. The largest absolute Gasteiger partial charge is 0.501 e. The summed E-state index contributed by atoms with van der Waals surface area (Å²) in [6.45, 7) is 9.43. The smallest absolute Gasteiger partial charge is 0.368 e. The van der Waals surface area contributed by atoms with Gasteiger partial charge in [-0.05, 0) is 150 Å². The Labute approximate surface area is 431 Å². The molecule has 0 amide bonds. The van der Waals surface area contributed by atoms with Crippen LogP contribution < -0.4 is 19.8 Å². The molecule has 0 N–H and O–H groups in total.